The maximum Gasteiger partial charge on any atom is 0.417 e. The Labute approximate surface area is 123 Å². The van der Waals surface area contributed by atoms with Gasteiger partial charge in [-0.05, 0) is 52.9 Å². The Balaban J connectivity index is 2.05. The number of hydrogen-bond acceptors (Lipinski definition) is 2. The summed E-state index contributed by atoms with van der Waals surface area (Å²) >= 11 is 8.11. The van der Waals surface area contributed by atoms with Gasteiger partial charge in [0.2, 0.25) is 0 Å². The van der Waals surface area contributed by atoms with E-state index in [0.717, 1.165) is 3.57 Å². The molecule has 2 aromatic carbocycles. The average Bonchev–Trinajstić information content (AvgIpc) is 2.35. The Kier molecular flexibility index (Phi) is 4.43. The summed E-state index contributed by atoms with van der Waals surface area (Å²) < 4.78 is 6.08. The van der Waals surface area contributed by atoms with Crippen LogP contribution < -0.4 is 10.1 Å². The van der Waals surface area contributed by atoms with Crippen molar-refractivity contribution in [2.45, 2.75) is 0 Å². The molecule has 0 aliphatic heterocycles. The van der Waals surface area contributed by atoms with E-state index in [9.17, 15) is 4.79 Å². The van der Waals surface area contributed by atoms with Crippen LogP contribution in [0.5, 0.6) is 5.75 Å². The molecule has 5 heteroatoms. The first-order chi connectivity index (χ1) is 8.65. The largest absolute Gasteiger partial charge is 0.417 e. The van der Waals surface area contributed by atoms with Crippen molar-refractivity contribution >= 4 is 46.0 Å². The van der Waals surface area contributed by atoms with Gasteiger partial charge < -0.3 is 4.74 Å². The summed E-state index contributed by atoms with van der Waals surface area (Å²) in [7, 11) is 0. The van der Waals surface area contributed by atoms with Gasteiger partial charge in [0.1, 0.15) is 5.75 Å². The van der Waals surface area contributed by atoms with Crippen LogP contribution in [-0.2, 0) is 0 Å². The monoisotopic (exact) mass is 373 g/mol. The molecule has 0 aromatic heterocycles. The minimum Gasteiger partial charge on any atom is -0.410 e. The van der Waals surface area contributed by atoms with Crippen LogP contribution in [0, 0.1) is 3.57 Å². The number of amides is 1. The first-order valence-electron chi connectivity index (χ1n) is 5.14. The lowest BCUT2D eigenvalue weighted by Gasteiger charge is -2.08. The fraction of sp³-hybridized carbons (Fsp3) is 0. The maximum atomic E-state index is 11.7. The Morgan fingerprint density at radius 2 is 1.89 bits per heavy atom. The third kappa shape index (κ3) is 3.61. The third-order valence-corrected chi connectivity index (χ3v) is 3.12. The number of carbonyl (C=O) groups is 1. The zero-order valence-electron chi connectivity index (χ0n) is 9.19. The summed E-state index contributed by atoms with van der Waals surface area (Å²) in [5, 5.41) is 3.07. The van der Waals surface area contributed by atoms with E-state index in [-0.39, 0.29) is 0 Å². The summed E-state index contributed by atoms with van der Waals surface area (Å²) in [6.45, 7) is 0. The highest BCUT2D eigenvalue weighted by molar-refractivity contribution is 14.1. The van der Waals surface area contributed by atoms with Gasteiger partial charge in [-0.2, -0.15) is 0 Å². The van der Waals surface area contributed by atoms with Crippen LogP contribution in [-0.4, -0.2) is 6.09 Å². The third-order valence-electron chi connectivity index (χ3n) is 2.12. The molecule has 0 bridgehead atoms. The van der Waals surface area contributed by atoms with Gasteiger partial charge in [-0.15, -0.1) is 0 Å². The number of hydrogen-bond donors (Lipinski definition) is 1. The Morgan fingerprint density at radius 3 is 2.61 bits per heavy atom. The van der Waals surface area contributed by atoms with Gasteiger partial charge in [0, 0.05) is 3.57 Å². The number of rotatable bonds is 2. The Morgan fingerprint density at radius 1 is 1.17 bits per heavy atom. The molecular formula is C13H9ClINO2. The fourth-order valence-corrected chi connectivity index (χ4v) is 1.98. The van der Waals surface area contributed by atoms with E-state index in [1.165, 1.54) is 0 Å². The molecule has 2 rings (SSSR count). The SMILES string of the molecule is O=C(Nc1cc(I)ccc1Cl)Oc1ccccc1. The van der Waals surface area contributed by atoms with Crippen LogP contribution in [0.1, 0.15) is 0 Å². The molecule has 2 aromatic rings. The second-order valence-electron chi connectivity index (χ2n) is 3.45. The number of carbonyl (C=O) groups excluding carboxylic acids is 1. The van der Waals surface area contributed by atoms with Gasteiger partial charge in [0.05, 0.1) is 10.7 Å². The highest BCUT2D eigenvalue weighted by Gasteiger charge is 2.08. The van der Waals surface area contributed by atoms with Crippen LogP contribution in [0.25, 0.3) is 0 Å². The number of anilines is 1. The minimum atomic E-state index is -0.565. The lowest BCUT2D eigenvalue weighted by molar-refractivity contribution is 0.215. The number of halogens is 2. The van der Waals surface area contributed by atoms with Gasteiger partial charge in [-0.1, -0.05) is 29.8 Å². The van der Waals surface area contributed by atoms with Crippen LogP contribution in [0.4, 0.5) is 10.5 Å². The quantitative estimate of drug-likeness (QED) is 0.784. The molecule has 0 saturated heterocycles. The maximum absolute atomic E-state index is 11.7. The highest BCUT2D eigenvalue weighted by Crippen LogP contribution is 2.24. The number of benzene rings is 2. The Hall–Kier alpha value is -1.27. The summed E-state index contributed by atoms with van der Waals surface area (Å²) in [4.78, 5) is 11.7. The second-order valence-corrected chi connectivity index (χ2v) is 5.10. The topological polar surface area (TPSA) is 38.3 Å². The molecule has 0 aliphatic carbocycles. The second kappa shape index (κ2) is 6.06. The number of ether oxygens (including phenoxy) is 1. The van der Waals surface area contributed by atoms with Gasteiger partial charge in [-0.25, -0.2) is 4.79 Å². The standard InChI is InChI=1S/C13H9ClINO2/c14-11-7-6-9(15)8-12(11)16-13(17)18-10-4-2-1-3-5-10/h1-8H,(H,16,17). The molecule has 0 fully saturated rings. The van der Waals surface area contributed by atoms with Crippen LogP contribution >= 0.6 is 34.2 Å². The van der Waals surface area contributed by atoms with Crippen molar-refractivity contribution in [3.8, 4) is 5.75 Å². The number of nitrogens with one attached hydrogen (secondary N) is 1. The van der Waals surface area contributed by atoms with Crippen molar-refractivity contribution in [2.24, 2.45) is 0 Å². The summed E-state index contributed by atoms with van der Waals surface area (Å²) in [5.41, 5.74) is 0.532. The average molecular weight is 374 g/mol. The summed E-state index contributed by atoms with van der Waals surface area (Å²) in [6, 6.07) is 14.2. The number of para-hydroxylation sites is 1. The zero-order chi connectivity index (χ0) is 13.0. The van der Waals surface area contributed by atoms with Gasteiger partial charge in [0.25, 0.3) is 0 Å². The van der Waals surface area contributed by atoms with Crippen molar-refractivity contribution in [1.29, 1.82) is 0 Å². The molecule has 0 spiro atoms. The van der Waals surface area contributed by atoms with Crippen molar-refractivity contribution < 1.29 is 9.53 Å². The van der Waals surface area contributed by atoms with Crippen molar-refractivity contribution in [3.05, 3.63) is 57.1 Å². The van der Waals surface area contributed by atoms with Crippen molar-refractivity contribution in [3.63, 3.8) is 0 Å². The minimum absolute atomic E-state index is 0.473. The van der Waals surface area contributed by atoms with E-state index >= 15 is 0 Å². The first kappa shape index (κ1) is 13.2. The predicted molar refractivity (Wildman–Crippen MR) is 80.3 cm³/mol. The molecule has 3 nitrogen and oxygen atoms in total. The molecule has 1 amide bonds. The van der Waals surface area contributed by atoms with Gasteiger partial charge >= 0.3 is 6.09 Å². The molecule has 18 heavy (non-hydrogen) atoms. The molecular weight excluding hydrogens is 365 g/mol. The van der Waals surface area contributed by atoms with Crippen molar-refractivity contribution in [2.75, 3.05) is 5.32 Å². The van der Waals surface area contributed by atoms with E-state index < -0.39 is 6.09 Å². The van der Waals surface area contributed by atoms with E-state index in [1.54, 1.807) is 36.4 Å². The molecule has 0 aliphatic rings. The lowest BCUT2D eigenvalue weighted by Crippen LogP contribution is -2.17. The molecule has 0 saturated carbocycles. The smallest absolute Gasteiger partial charge is 0.410 e. The van der Waals surface area contributed by atoms with Crippen LogP contribution in [0.15, 0.2) is 48.5 Å². The molecule has 0 unspecified atom stereocenters. The van der Waals surface area contributed by atoms with E-state index in [4.69, 9.17) is 16.3 Å². The lowest BCUT2D eigenvalue weighted by atomic mass is 10.3. The highest BCUT2D eigenvalue weighted by atomic mass is 127. The van der Waals surface area contributed by atoms with E-state index in [1.807, 2.05) is 12.1 Å². The first-order valence-corrected chi connectivity index (χ1v) is 6.60. The van der Waals surface area contributed by atoms with Crippen LogP contribution in [0.2, 0.25) is 5.02 Å². The predicted octanol–water partition coefficient (Wildman–Crippen LogP) is 4.56. The molecule has 0 radical (unpaired) electrons. The van der Waals surface area contributed by atoms with Crippen LogP contribution in [0.3, 0.4) is 0 Å². The molecule has 0 atom stereocenters. The zero-order valence-corrected chi connectivity index (χ0v) is 12.1. The fourth-order valence-electron chi connectivity index (χ4n) is 1.32. The van der Waals surface area contributed by atoms with Gasteiger partial charge in [-0.3, -0.25) is 5.32 Å². The normalized spacial score (nSPS) is 9.89. The van der Waals surface area contributed by atoms with E-state index in [0.29, 0.717) is 16.5 Å². The summed E-state index contributed by atoms with van der Waals surface area (Å²) in [5.74, 6) is 0.483. The van der Waals surface area contributed by atoms with E-state index in [2.05, 4.69) is 27.9 Å². The Bertz CT molecular complexity index is 560. The molecule has 92 valence electrons. The molecule has 0 heterocycles. The summed E-state index contributed by atoms with van der Waals surface area (Å²) in [6.07, 6.45) is -0.565. The molecule has 1 N–H and O–H groups in total. The van der Waals surface area contributed by atoms with Gasteiger partial charge in [0.15, 0.2) is 0 Å². The van der Waals surface area contributed by atoms with Crippen molar-refractivity contribution in [1.82, 2.24) is 0 Å².